The lowest BCUT2D eigenvalue weighted by atomic mass is 9.94. The number of benzene rings is 2. The quantitative estimate of drug-likeness (QED) is 0.424. The zero-order chi connectivity index (χ0) is 23.4. The van der Waals surface area contributed by atoms with Gasteiger partial charge in [0.25, 0.3) is 5.56 Å². The molecule has 0 saturated carbocycles. The van der Waals surface area contributed by atoms with Gasteiger partial charge in [-0.15, -0.1) is 0 Å². The summed E-state index contributed by atoms with van der Waals surface area (Å²) in [5.74, 6) is 0.806. The largest absolute Gasteiger partial charge is 0.493 e. The summed E-state index contributed by atoms with van der Waals surface area (Å²) in [4.78, 5) is 44.2. The summed E-state index contributed by atoms with van der Waals surface area (Å²) < 4.78 is 13.5. The van der Waals surface area contributed by atoms with Crippen LogP contribution in [0.3, 0.4) is 0 Å². The van der Waals surface area contributed by atoms with Gasteiger partial charge in [0.2, 0.25) is 0 Å². The van der Waals surface area contributed by atoms with Crippen molar-refractivity contribution >= 4 is 16.8 Å². The number of carbonyl (C=O) groups is 1. The summed E-state index contributed by atoms with van der Waals surface area (Å²) in [6, 6.07) is 12.4. The van der Waals surface area contributed by atoms with E-state index in [2.05, 4.69) is 4.98 Å². The molecule has 1 aliphatic carbocycles. The number of methoxy groups -OCH3 is 1. The Kier molecular flexibility index (Phi) is 4.67. The van der Waals surface area contributed by atoms with E-state index in [9.17, 15) is 14.4 Å². The minimum Gasteiger partial charge on any atom is -0.493 e. The highest BCUT2D eigenvalue weighted by Crippen LogP contribution is 2.44. The number of fused-ring (bicyclic) bond motifs is 4. The van der Waals surface area contributed by atoms with Crippen molar-refractivity contribution in [3.8, 4) is 33.9 Å². The van der Waals surface area contributed by atoms with Gasteiger partial charge in [0.1, 0.15) is 0 Å². The van der Waals surface area contributed by atoms with Gasteiger partial charge in [0.05, 0.1) is 30.4 Å². The highest BCUT2D eigenvalue weighted by Gasteiger charge is 2.34. The van der Waals surface area contributed by atoms with E-state index in [0.717, 1.165) is 4.57 Å². The lowest BCUT2D eigenvalue weighted by Gasteiger charge is -2.16. The fraction of sp³-hybridized carbons (Fsp3) is 0.200. The molecule has 166 valence electrons. The maximum Gasteiger partial charge on any atom is 0.332 e. The Labute approximate surface area is 188 Å². The van der Waals surface area contributed by atoms with Gasteiger partial charge in [-0.3, -0.25) is 18.7 Å². The van der Waals surface area contributed by atoms with Crippen molar-refractivity contribution in [2.75, 3.05) is 13.7 Å². The molecule has 8 heteroatoms. The molecule has 0 saturated heterocycles. The Balaban J connectivity index is 1.98. The number of nitrogens with zero attached hydrogens (tertiary/aromatic N) is 3. The third kappa shape index (κ3) is 2.83. The summed E-state index contributed by atoms with van der Waals surface area (Å²) in [5, 5.41) is 0.200. The monoisotopic (exact) mass is 443 g/mol. The minimum absolute atomic E-state index is 0.200. The van der Waals surface area contributed by atoms with Crippen LogP contribution in [-0.4, -0.2) is 33.6 Å². The molecule has 0 aliphatic heterocycles. The standard InChI is InChI=1S/C25H21N3O5/c1-5-33-16-11-10-13(12-17(16)32-4)18-19-21(14-8-6-7-9-15(14)22(19)29)26-23-20(18)24(30)28(3)25(31)27(23)2/h6-12H,5H2,1-4H3. The van der Waals surface area contributed by atoms with Crippen LogP contribution in [0.5, 0.6) is 11.5 Å². The van der Waals surface area contributed by atoms with Crippen molar-refractivity contribution in [2.24, 2.45) is 14.1 Å². The molecule has 0 bridgehead atoms. The van der Waals surface area contributed by atoms with Crippen LogP contribution in [0, 0.1) is 0 Å². The van der Waals surface area contributed by atoms with Gasteiger partial charge in [-0.25, -0.2) is 9.78 Å². The molecule has 0 atom stereocenters. The predicted octanol–water partition coefficient (Wildman–Crippen LogP) is 2.92. The van der Waals surface area contributed by atoms with Crippen molar-refractivity contribution < 1.29 is 14.3 Å². The number of ketones is 1. The zero-order valence-corrected chi connectivity index (χ0v) is 18.6. The Hall–Kier alpha value is -4.20. The average molecular weight is 443 g/mol. The molecule has 2 aromatic carbocycles. The van der Waals surface area contributed by atoms with Crippen molar-refractivity contribution in [2.45, 2.75) is 6.92 Å². The first-order valence-electron chi connectivity index (χ1n) is 10.5. The maximum absolute atomic E-state index is 13.5. The Morgan fingerprint density at radius 3 is 2.33 bits per heavy atom. The third-order valence-corrected chi connectivity index (χ3v) is 5.99. The SMILES string of the molecule is CCOc1ccc(-c2c3c(nc4c2c(=O)n(C)c(=O)n4C)-c2ccccc2C3=O)cc1OC. The summed E-state index contributed by atoms with van der Waals surface area (Å²) in [6.45, 7) is 2.33. The van der Waals surface area contributed by atoms with Crippen LogP contribution in [0.25, 0.3) is 33.4 Å². The number of ether oxygens (including phenoxy) is 2. The van der Waals surface area contributed by atoms with Crippen molar-refractivity contribution in [3.05, 3.63) is 74.4 Å². The highest BCUT2D eigenvalue weighted by atomic mass is 16.5. The number of rotatable bonds is 4. The zero-order valence-electron chi connectivity index (χ0n) is 18.6. The van der Waals surface area contributed by atoms with Gasteiger partial charge in [-0.1, -0.05) is 30.3 Å². The third-order valence-electron chi connectivity index (χ3n) is 5.99. The van der Waals surface area contributed by atoms with Gasteiger partial charge in [0.15, 0.2) is 22.9 Å². The lowest BCUT2D eigenvalue weighted by molar-refractivity contribution is 0.104. The molecular formula is C25H21N3O5. The molecule has 1 aliphatic rings. The summed E-state index contributed by atoms with van der Waals surface area (Å²) in [5.41, 5.74) is 2.20. The van der Waals surface area contributed by atoms with Crippen LogP contribution in [-0.2, 0) is 14.1 Å². The fourth-order valence-corrected chi connectivity index (χ4v) is 4.41. The molecular weight excluding hydrogens is 422 g/mol. The van der Waals surface area contributed by atoms with Crippen molar-refractivity contribution in [1.82, 2.24) is 14.1 Å². The number of hydrogen-bond donors (Lipinski definition) is 0. The summed E-state index contributed by atoms with van der Waals surface area (Å²) >= 11 is 0. The highest BCUT2D eigenvalue weighted by molar-refractivity contribution is 6.26. The molecule has 2 aromatic heterocycles. The van der Waals surface area contributed by atoms with E-state index in [4.69, 9.17) is 9.47 Å². The molecule has 4 aromatic rings. The second-order valence-corrected chi connectivity index (χ2v) is 7.79. The molecule has 5 rings (SSSR count). The number of pyridine rings is 1. The van der Waals surface area contributed by atoms with Gasteiger partial charge < -0.3 is 9.47 Å². The molecule has 0 amide bonds. The van der Waals surface area contributed by atoms with Crippen LogP contribution >= 0.6 is 0 Å². The van der Waals surface area contributed by atoms with Crippen LogP contribution in [0.15, 0.2) is 52.1 Å². The molecule has 0 unspecified atom stereocenters. The second kappa shape index (κ2) is 7.44. The van der Waals surface area contributed by atoms with E-state index in [1.807, 2.05) is 19.1 Å². The second-order valence-electron chi connectivity index (χ2n) is 7.79. The van der Waals surface area contributed by atoms with Crippen molar-refractivity contribution in [3.63, 3.8) is 0 Å². The first-order chi connectivity index (χ1) is 15.9. The Morgan fingerprint density at radius 2 is 1.64 bits per heavy atom. The molecule has 0 N–H and O–H groups in total. The summed E-state index contributed by atoms with van der Waals surface area (Å²) in [7, 11) is 4.51. The van der Waals surface area contributed by atoms with E-state index in [-0.39, 0.29) is 16.8 Å². The topological polar surface area (TPSA) is 92.4 Å². The maximum atomic E-state index is 13.5. The molecule has 0 radical (unpaired) electrons. The fourth-order valence-electron chi connectivity index (χ4n) is 4.41. The minimum atomic E-state index is -0.519. The van der Waals surface area contributed by atoms with Gasteiger partial charge >= 0.3 is 5.69 Å². The number of carbonyl (C=O) groups excluding carboxylic acids is 1. The molecule has 33 heavy (non-hydrogen) atoms. The smallest absolute Gasteiger partial charge is 0.332 e. The molecule has 0 spiro atoms. The van der Waals surface area contributed by atoms with E-state index < -0.39 is 11.2 Å². The normalized spacial score (nSPS) is 12.1. The Bertz CT molecular complexity index is 1600. The van der Waals surface area contributed by atoms with Gasteiger partial charge in [0, 0.05) is 30.8 Å². The molecule has 2 heterocycles. The number of hydrogen-bond acceptors (Lipinski definition) is 6. The van der Waals surface area contributed by atoms with Crippen LogP contribution in [0.4, 0.5) is 0 Å². The van der Waals surface area contributed by atoms with Crippen LogP contribution in [0.2, 0.25) is 0 Å². The first kappa shape index (κ1) is 20.7. The number of aryl methyl sites for hydroxylation is 1. The summed E-state index contributed by atoms with van der Waals surface area (Å²) in [6.07, 6.45) is 0. The van der Waals surface area contributed by atoms with Gasteiger partial charge in [-0.2, -0.15) is 0 Å². The van der Waals surface area contributed by atoms with Crippen molar-refractivity contribution in [1.29, 1.82) is 0 Å². The van der Waals surface area contributed by atoms with E-state index in [1.165, 1.54) is 18.7 Å². The van der Waals surface area contributed by atoms with E-state index in [1.54, 1.807) is 37.4 Å². The van der Waals surface area contributed by atoms with Crippen LogP contribution in [0.1, 0.15) is 22.8 Å². The van der Waals surface area contributed by atoms with Crippen LogP contribution < -0.4 is 20.7 Å². The van der Waals surface area contributed by atoms with E-state index in [0.29, 0.717) is 51.6 Å². The van der Waals surface area contributed by atoms with E-state index >= 15 is 0 Å². The lowest BCUT2D eigenvalue weighted by Crippen LogP contribution is -2.37. The van der Waals surface area contributed by atoms with Gasteiger partial charge in [-0.05, 0) is 24.6 Å². The average Bonchev–Trinajstić information content (AvgIpc) is 3.12. The number of aromatic nitrogens is 3. The molecule has 8 nitrogen and oxygen atoms in total. The first-order valence-corrected chi connectivity index (χ1v) is 10.5. The molecule has 0 fully saturated rings. The Morgan fingerprint density at radius 1 is 0.909 bits per heavy atom. The predicted molar refractivity (Wildman–Crippen MR) is 124 cm³/mol.